The second-order valence-electron chi connectivity index (χ2n) is 14.1. The molecule has 6 atom stereocenters. The zero-order chi connectivity index (χ0) is 42.0. The summed E-state index contributed by atoms with van der Waals surface area (Å²) < 4.78 is 0. The van der Waals surface area contributed by atoms with E-state index in [4.69, 9.17) is 17.2 Å². The van der Waals surface area contributed by atoms with Crippen LogP contribution in [0.25, 0.3) is 0 Å². The number of aliphatic imine (C=N–C) groups is 1. The smallest absolute Gasteiger partial charge is 0.326 e. The number of phenols is 1. The second-order valence-corrected chi connectivity index (χ2v) is 14.1. The summed E-state index contributed by atoms with van der Waals surface area (Å²) in [5, 5.41) is 42.3. The molecule has 0 spiro atoms. The number of carboxylic acids is 1. The van der Waals surface area contributed by atoms with E-state index < -0.39 is 83.2 Å². The van der Waals surface area contributed by atoms with Gasteiger partial charge in [0.1, 0.15) is 29.9 Å². The number of carbonyl (C=O) groups excluding carboxylic acids is 6. The largest absolute Gasteiger partial charge is 0.507 e. The number of carbonyl (C=O) groups is 7. The molecule has 57 heavy (non-hydrogen) atoms. The Morgan fingerprint density at radius 3 is 2.16 bits per heavy atom. The van der Waals surface area contributed by atoms with Crippen LogP contribution in [0.15, 0.2) is 41.4 Å². The molecule has 19 heteroatoms. The van der Waals surface area contributed by atoms with Crippen molar-refractivity contribution in [3.63, 3.8) is 0 Å². The summed E-state index contributed by atoms with van der Waals surface area (Å²) in [5.74, 6) is -5.79. The van der Waals surface area contributed by atoms with Gasteiger partial charge in [0, 0.05) is 29.9 Å². The zero-order valence-corrected chi connectivity index (χ0v) is 31.8. The molecule has 1 fully saturated rings. The normalized spacial score (nSPS) is 17.2. The summed E-state index contributed by atoms with van der Waals surface area (Å²) in [4.78, 5) is 97.3. The van der Waals surface area contributed by atoms with Crippen LogP contribution in [-0.2, 0) is 24.0 Å². The maximum absolute atomic E-state index is 14.2. The summed E-state index contributed by atoms with van der Waals surface area (Å²) in [6.07, 6.45) is 0.374. The maximum Gasteiger partial charge on any atom is 0.326 e. The minimum Gasteiger partial charge on any atom is -0.507 e. The lowest BCUT2D eigenvalue weighted by atomic mass is 9.82. The van der Waals surface area contributed by atoms with Crippen molar-refractivity contribution in [3.8, 4) is 5.75 Å². The van der Waals surface area contributed by atoms with Crippen LogP contribution in [0.3, 0.4) is 0 Å². The highest BCUT2D eigenvalue weighted by molar-refractivity contribution is 6.31. The standard InChI is InChI=1S/C38H51N9O10/c1-19(33(39)52)42-16-6-5-11-24(36(55)47-18-8-13-26(47)34(53)46-25(37(56)57)12-7-17-43-38(40)41)45-35(54)30(20(2)48)44-23-14-15-27(49)29-28(23)31(50)21-9-3-4-10-22(21)32(29)51/h3-4,9-10,14-15,19-20,24-26,30,42,44,48-49H,5-8,11-13,16-18H2,1-2H3,(H2,39,52)(H,45,54)(H,46,53)(H,56,57)(H4,40,41,43)/t19-,20+,24-,25-,26-,30-/m0/s1. The molecule has 1 aliphatic carbocycles. The van der Waals surface area contributed by atoms with Crippen LogP contribution in [0.5, 0.6) is 5.75 Å². The van der Waals surface area contributed by atoms with Gasteiger partial charge >= 0.3 is 5.97 Å². The average molecular weight is 794 g/mol. The second kappa shape index (κ2) is 19.7. The number of nitrogens with zero attached hydrogens (tertiary/aromatic N) is 2. The van der Waals surface area contributed by atoms with Crippen LogP contribution in [0.2, 0.25) is 0 Å². The van der Waals surface area contributed by atoms with Gasteiger partial charge in [-0.25, -0.2) is 4.79 Å². The number of rotatable bonds is 20. The number of benzene rings is 2. The maximum atomic E-state index is 14.2. The van der Waals surface area contributed by atoms with Gasteiger partial charge in [0.25, 0.3) is 0 Å². The quantitative estimate of drug-likeness (QED) is 0.0286. The molecule has 1 aliphatic heterocycles. The molecule has 2 aromatic carbocycles. The van der Waals surface area contributed by atoms with Crippen LogP contribution >= 0.6 is 0 Å². The van der Waals surface area contributed by atoms with Gasteiger partial charge in [-0.15, -0.1) is 0 Å². The van der Waals surface area contributed by atoms with E-state index in [1.54, 1.807) is 19.1 Å². The van der Waals surface area contributed by atoms with Crippen molar-refractivity contribution >= 4 is 52.8 Å². The Labute approximate surface area is 328 Å². The van der Waals surface area contributed by atoms with E-state index in [0.717, 1.165) is 0 Å². The fraction of sp³-hybridized carbons (Fsp3) is 0.474. The SMILES string of the molecule is C[C@H](NCCCC[C@H](NC(=O)[C@@H](Nc1ccc(O)c2c1C(=O)c1ccccc1C2=O)[C@@H](C)O)C(=O)N1CCC[C@H]1C(=O)N[C@@H](CCCN=C(N)N)C(=O)O)C(N)=O. The molecule has 0 unspecified atom stereocenters. The Morgan fingerprint density at radius 2 is 1.54 bits per heavy atom. The van der Waals surface area contributed by atoms with Crippen LogP contribution in [0.4, 0.5) is 5.69 Å². The number of nitrogens with two attached hydrogens (primary N) is 3. The van der Waals surface area contributed by atoms with Gasteiger partial charge in [-0.05, 0) is 77.5 Å². The Balaban J connectivity index is 1.56. The van der Waals surface area contributed by atoms with Gasteiger partial charge < -0.3 is 58.7 Å². The summed E-state index contributed by atoms with van der Waals surface area (Å²) in [7, 11) is 0. The molecule has 0 aromatic heterocycles. The van der Waals surface area contributed by atoms with E-state index in [-0.39, 0.29) is 72.7 Å². The fourth-order valence-electron chi connectivity index (χ4n) is 6.84. The molecule has 13 N–H and O–H groups in total. The number of fused-ring (bicyclic) bond motifs is 2. The molecular formula is C38H51N9O10. The third-order valence-corrected chi connectivity index (χ3v) is 9.94. The third-order valence-electron chi connectivity index (χ3n) is 9.94. The number of primary amides is 1. The number of aliphatic carboxylic acids is 1. The number of aliphatic hydroxyl groups excluding tert-OH is 1. The van der Waals surface area contributed by atoms with Gasteiger partial charge in [-0.3, -0.25) is 33.8 Å². The summed E-state index contributed by atoms with van der Waals surface area (Å²) in [6, 6.07) is 2.93. The van der Waals surface area contributed by atoms with Crippen LogP contribution in [0, 0.1) is 0 Å². The molecule has 2 aliphatic rings. The number of hydrogen-bond donors (Lipinski definition) is 10. The number of guanidine groups is 1. The molecule has 0 bridgehead atoms. The topological polar surface area (TPSA) is 322 Å². The first-order chi connectivity index (χ1) is 27.0. The van der Waals surface area contributed by atoms with Crippen molar-refractivity contribution in [1.82, 2.24) is 20.9 Å². The van der Waals surface area contributed by atoms with Gasteiger partial charge in [0.05, 0.1) is 23.3 Å². The molecule has 308 valence electrons. The lowest BCUT2D eigenvalue weighted by Gasteiger charge is -2.31. The summed E-state index contributed by atoms with van der Waals surface area (Å²) in [5.41, 5.74) is 15.7. The number of carboxylic acid groups (broad SMARTS) is 1. The Morgan fingerprint density at radius 1 is 0.895 bits per heavy atom. The minimum absolute atomic E-state index is 0.0169. The highest BCUT2D eigenvalue weighted by Crippen LogP contribution is 2.37. The number of anilines is 1. The van der Waals surface area contributed by atoms with Crippen molar-refractivity contribution in [1.29, 1.82) is 0 Å². The van der Waals surface area contributed by atoms with Gasteiger partial charge in [0.15, 0.2) is 17.5 Å². The number of likely N-dealkylation sites (tertiary alicyclic amines) is 1. The van der Waals surface area contributed by atoms with E-state index in [0.29, 0.717) is 25.8 Å². The first kappa shape index (κ1) is 43.6. The summed E-state index contributed by atoms with van der Waals surface area (Å²) in [6.45, 7) is 3.55. The molecule has 4 rings (SSSR count). The number of hydrogen-bond acceptors (Lipinski definition) is 12. The first-order valence-electron chi connectivity index (χ1n) is 18.7. The monoisotopic (exact) mass is 793 g/mol. The number of ketones is 2. The molecule has 0 radical (unpaired) electrons. The van der Waals surface area contributed by atoms with E-state index in [1.807, 2.05) is 0 Å². The number of aliphatic hydroxyl groups is 1. The lowest BCUT2D eigenvalue weighted by molar-refractivity contribution is -0.145. The third kappa shape index (κ3) is 10.8. The van der Waals surface area contributed by atoms with Crippen LogP contribution < -0.4 is 38.5 Å². The van der Waals surface area contributed by atoms with Gasteiger partial charge in [-0.1, -0.05) is 24.3 Å². The molecule has 1 saturated heterocycles. The Kier molecular flexibility index (Phi) is 15.1. The number of phenolic OH excluding ortho intramolecular Hbond substituents is 1. The Hall–Kier alpha value is -6.08. The molecule has 19 nitrogen and oxygen atoms in total. The zero-order valence-electron chi connectivity index (χ0n) is 31.8. The van der Waals surface area contributed by atoms with E-state index in [2.05, 4.69) is 26.3 Å². The predicted octanol–water partition coefficient (Wildman–Crippen LogP) is -0.939. The summed E-state index contributed by atoms with van der Waals surface area (Å²) >= 11 is 0. The number of nitrogens with one attached hydrogen (secondary N) is 4. The fourth-order valence-corrected chi connectivity index (χ4v) is 6.84. The highest BCUT2D eigenvalue weighted by Gasteiger charge is 2.40. The average Bonchev–Trinajstić information content (AvgIpc) is 3.66. The van der Waals surface area contributed by atoms with E-state index in [1.165, 1.54) is 36.1 Å². The van der Waals surface area contributed by atoms with Crippen molar-refractivity contribution in [3.05, 3.63) is 58.7 Å². The number of unbranched alkanes of at least 4 members (excludes halogenated alkanes) is 1. The molecular weight excluding hydrogens is 742 g/mol. The molecule has 0 saturated carbocycles. The minimum atomic E-state index is -1.49. The Bertz CT molecular complexity index is 1900. The molecule has 2 aromatic rings. The van der Waals surface area contributed by atoms with Crippen LogP contribution in [-0.4, -0.2) is 123 Å². The van der Waals surface area contributed by atoms with Gasteiger partial charge in [-0.2, -0.15) is 0 Å². The van der Waals surface area contributed by atoms with Crippen molar-refractivity contribution < 1.29 is 48.9 Å². The van der Waals surface area contributed by atoms with E-state index in [9.17, 15) is 48.9 Å². The van der Waals surface area contributed by atoms with Gasteiger partial charge in [0.2, 0.25) is 23.6 Å². The highest BCUT2D eigenvalue weighted by atomic mass is 16.4. The van der Waals surface area contributed by atoms with Crippen molar-refractivity contribution in [2.75, 3.05) is 25.0 Å². The number of aromatic hydroxyl groups is 1. The van der Waals surface area contributed by atoms with E-state index >= 15 is 0 Å². The molecule has 1 heterocycles. The van der Waals surface area contributed by atoms with Crippen molar-refractivity contribution in [2.24, 2.45) is 22.2 Å². The predicted molar refractivity (Wildman–Crippen MR) is 207 cm³/mol. The van der Waals surface area contributed by atoms with Crippen LogP contribution in [0.1, 0.15) is 90.6 Å². The lowest BCUT2D eigenvalue weighted by Crippen LogP contribution is -2.57. The first-order valence-corrected chi connectivity index (χ1v) is 18.7. The van der Waals surface area contributed by atoms with Crippen molar-refractivity contribution in [2.45, 2.75) is 95.1 Å². The number of amides is 4. The molecule has 4 amide bonds.